The number of nitrogens with zero attached hydrogens (tertiary/aromatic N) is 1. The van der Waals surface area contributed by atoms with Gasteiger partial charge in [0.05, 0.1) is 7.11 Å². The maximum atomic E-state index is 9.95. The highest BCUT2D eigenvalue weighted by Crippen LogP contribution is 2.21. The summed E-state index contributed by atoms with van der Waals surface area (Å²) in [7, 11) is 1.66. The molecule has 1 aliphatic heterocycles. The molecule has 0 bridgehead atoms. The monoisotopic (exact) mass is 233 g/mol. The van der Waals surface area contributed by atoms with Crippen molar-refractivity contribution in [2.24, 2.45) is 5.92 Å². The SMILES string of the molecule is COc1ccc(CN2C=C[C@@H](C)CC2O)cc1. The van der Waals surface area contributed by atoms with Crippen LogP contribution in [0.3, 0.4) is 0 Å². The predicted molar refractivity (Wildman–Crippen MR) is 67.5 cm³/mol. The Hall–Kier alpha value is -1.48. The lowest BCUT2D eigenvalue weighted by Gasteiger charge is -2.31. The molecule has 0 radical (unpaired) electrons. The molecule has 0 amide bonds. The van der Waals surface area contributed by atoms with Crippen LogP contribution in [0.25, 0.3) is 0 Å². The van der Waals surface area contributed by atoms with Crippen molar-refractivity contribution >= 4 is 0 Å². The normalized spacial score (nSPS) is 23.8. The lowest BCUT2D eigenvalue weighted by molar-refractivity contribution is 0.00992. The number of allylic oxidation sites excluding steroid dienone is 1. The fourth-order valence-electron chi connectivity index (χ4n) is 2.00. The Morgan fingerprint density at radius 3 is 2.65 bits per heavy atom. The van der Waals surface area contributed by atoms with Gasteiger partial charge in [0.25, 0.3) is 0 Å². The Morgan fingerprint density at radius 2 is 2.06 bits per heavy atom. The second-order valence-corrected chi connectivity index (χ2v) is 4.56. The van der Waals surface area contributed by atoms with Crippen molar-refractivity contribution in [3.05, 3.63) is 42.1 Å². The molecule has 0 aromatic heterocycles. The van der Waals surface area contributed by atoms with Crippen LogP contribution in [-0.2, 0) is 6.54 Å². The van der Waals surface area contributed by atoms with E-state index in [1.54, 1.807) is 7.11 Å². The van der Waals surface area contributed by atoms with Gasteiger partial charge in [-0.15, -0.1) is 0 Å². The number of aliphatic hydroxyl groups excluding tert-OH is 1. The van der Waals surface area contributed by atoms with E-state index in [1.165, 1.54) is 5.56 Å². The van der Waals surface area contributed by atoms with Gasteiger partial charge < -0.3 is 14.7 Å². The van der Waals surface area contributed by atoms with E-state index in [0.29, 0.717) is 5.92 Å². The van der Waals surface area contributed by atoms with Crippen LogP contribution in [0.15, 0.2) is 36.5 Å². The molecule has 1 unspecified atom stereocenters. The highest BCUT2D eigenvalue weighted by Gasteiger charge is 2.18. The molecular weight excluding hydrogens is 214 g/mol. The molecule has 1 N–H and O–H groups in total. The van der Waals surface area contributed by atoms with Crippen LogP contribution in [0.4, 0.5) is 0 Å². The largest absolute Gasteiger partial charge is 0.497 e. The molecule has 0 saturated carbocycles. The van der Waals surface area contributed by atoms with Gasteiger partial charge in [-0.2, -0.15) is 0 Å². The zero-order chi connectivity index (χ0) is 12.3. The van der Waals surface area contributed by atoms with Crippen molar-refractivity contribution < 1.29 is 9.84 Å². The Balaban J connectivity index is 2.02. The minimum atomic E-state index is -0.378. The first-order valence-corrected chi connectivity index (χ1v) is 5.94. The lowest BCUT2D eigenvalue weighted by atomic mass is 10.0. The van der Waals surface area contributed by atoms with Crippen LogP contribution in [-0.4, -0.2) is 23.3 Å². The minimum absolute atomic E-state index is 0.378. The first-order chi connectivity index (χ1) is 8.19. The average molecular weight is 233 g/mol. The summed E-state index contributed by atoms with van der Waals surface area (Å²) in [6, 6.07) is 7.94. The van der Waals surface area contributed by atoms with Gasteiger partial charge in [0.1, 0.15) is 12.0 Å². The summed E-state index contributed by atoms with van der Waals surface area (Å²) in [5.74, 6) is 1.31. The summed E-state index contributed by atoms with van der Waals surface area (Å²) >= 11 is 0. The van der Waals surface area contributed by atoms with Crippen LogP contribution in [0.1, 0.15) is 18.9 Å². The molecule has 0 spiro atoms. The third kappa shape index (κ3) is 3.01. The number of benzene rings is 1. The number of ether oxygens (including phenoxy) is 1. The van der Waals surface area contributed by atoms with Gasteiger partial charge in [-0.3, -0.25) is 0 Å². The van der Waals surface area contributed by atoms with Crippen molar-refractivity contribution in [1.29, 1.82) is 0 Å². The van der Waals surface area contributed by atoms with Gasteiger partial charge in [-0.25, -0.2) is 0 Å². The fourth-order valence-corrected chi connectivity index (χ4v) is 2.00. The molecule has 17 heavy (non-hydrogen) atoms. The second-order valence-electron chi connectivity index (χ2n) is 4.56. The Morgan fingerprint density at radius 1 is 1.35 bits per heavy atom. The number of methoxy groups -OCH3 is 1. The van der Waals surface area contributed by atoms with Crippen LogP contribution in [0.2, 0.25) is 0 Å². The van der Waals surface area contributed by atoms with Crippen molar-refractivity contribution in [3.8, 4) is 5.75 Å². The number of rotatable bonds is 3. The smallest absolute Gasteiger partial charge is 0.127 e. The van der Waals surface area contributed by atoms with Crippen molar-refractivity contribution in [1.82, 2.24) is 4.90 Å². The van der Waals surface area contributed by atoms with E-state index in [1.807, 2.05) is 35.4 Å². The van der Waals surface area contributed by atoms with Crippen molar-refractivity contribution in [3.63, 3.8) is 0 Å². The third-order valence-electron chi connectivity index (χ3n) is 3.10. The lowest BCUT2D eigenvalue weighted by Crippen LogP contribution is -2.34. The topological polar surface area (TPSA) is 32.7 Å². The highest BCUT2D eigenvalue weighted by atomic mass is 16.5. The van der Waals surface area contributed by atoms with Crippen molar-refractivity contribution in [2.45, 2.75) is 26.1 Å². The van der Waals surface area contributed by atoms with Crippen LogP contribution in [0.5, 0.6) is 5.75 Å². The molecule has 1 aromatic carbocycles. The van der Waals surface area contributed by atoms with E-state index in [0.717, 1.165) is 18.7 Å². The molecule has 3 nitrogen and oxygen atoms in total. The molecule has 3 heteroatoms. The van der Waals surface area contributed by atoms with Crippen molar-refractivity contribution in [2.75, 3.05) is 7.11 Å². The summed E-state index contributed by atoms with van der Waals surface area (Å²) in [4.78, 5) is 1.96. The molecule has 2 rings (SSSR count). The molecule has 0 aliphatic carbocycles. The van der Waals surface area contributed by atoms with E-state index in [-0.39, 0.29) is 6.23 Å². The first kappa shape index (κ1) is 12.0. The van der Waals surface area contributed by atoms with Crippen LogP contribution < -0.4 is 4.74 Å². The molecule has 0 fully saturated rings. The van der Waals surface area contributed by atoms with E-state index >= 15 is 0 Å². The van der Waals surface area contributed by atoms with E-state index < -0.39 is 0 Å². The highest BCUT2D eigenvalue weighted by molar-refractivity contribution is 5.27. The quantitative estimate of drug-likeness (QED) is 0.870. The van der Waals surface area contributed by atoms with Gasteiger partial charge in [0.2, 0.25) is 0 Å². The minimum Gasteiger partial charge on any atom is -0.497 e. The molecule has 2 atom stereocenters. The van der Waals surface area contributed by atoms with Crippen LogP contribution >= 0.6 is 0 Å². The number of hydrogen-bond acceptors (Lipinski definition) is 3. The van der Waals surface area contributed by atoms with Gasteiger partial charge >= 0.3 is 0 Å². The van der Waals surface area contributed by atoms with E-state index in [2.05, 4.69) is 13.0 Å². The third-order valence-corrected chi connectivity index (χ3v) is 3.10. The average Bonchev–Trinajstić information content (AvgIpc) is 2.34. The van der Waals surface area contributed by atoms with E-state index in [9.17, 15) is 5.11 Å². The second kappa shape index (κ2) is 5.23. The maximum Gasteiger partial charge on any atom is 0.127 e. The molecule has 1 aromatic rings. The zero-order valence-corrected chi connectivity index (χ0v) is 10.3. The first-order valence-electron chi connectivity index (χ1n) is 5.94. The Labute approximate surface area is 102 Å². The van der Waals surface area contributed by atoms with Gasteiger partial charge in [0.15, 0.2) is 0 Å². The fraction of sp³-hybridized carbons (Fsp3) is 0.429. The predicted octanol–water partition coefficient (Wildman–Crippen LogP) is 2.37. The molecular formula is C14H19NO2. The number of hydrogen-bond donors (Lipinski definition) is 1. The van der Waals surface area contributed by atoms with Gasteiger partial charge in [0, 0.05) is 6.54 Å². The summed E-state index contributed by atoms with van der Waals surface area (Å²) in [6.07, 6.45) is 4.54. The van der Waals surface area contributed by atoms with Gasteiger partial charge in [-0.1, -0.05) is 25.1 Å². The summed E-state index contributed by atoms with van der Waals surface area (Å²) in [5, 5.41) is 9.95. The molecule has 1 aliphatic rings. The standard InChI is InChI=1S/C14H19NO2/c1-11-7-8-15(14(16)9-11)10-12-3-5-13(17-2)6-4-12/h3-8,11,14,16H,9-10H2,1-2H3/t11-,14?/m1/s1. The summed E-state index contributed by atoms with van der Waals surface area (Å²) in [6.45, 7) is 2.85. The summed E-state index contributed by atoms with van der Waals surface area (Å²) in [5.41, 5.74) is 1.17. The molecule has 92 valence electrons. The number of aliphatic hydroxyl groups is 1. The molecule has 0 saturated heterocycles. The molecule has 1 heterocycles. The Kier molecular flexibility index (Phi) is 3.69. The Bertz CT molecular complexity index is 386. The maximum absolute atomic E-state index is 9.95. The summed E-state index contributed by atoms with van der Waals surface area (Å²) < 4.78 is 5.12. The van der Waals surface area contributed by atoms with Crippen LogP contribution in [0, 0.1) is 5.92 Å². The van der Waals surface area contributed by atoms with Gasteiger partial charge in [-0.05, 0) is 36.2 Å². The zero-order valence-electron chi connectivity index (χ0n) is 10.3. The van der Waals surface area contributed by atoms with E-state index in [4.69, 9.17) is 4.74 Å².